The van der Waals surface area contributed by atoms with Crippen molar-refractivity contribution in [3.05, 3.63) is 121 Å². The van der Waals surface area contributed by atoms with Crippen molar-refractivity contribution < 1.29 is 23.1 Å². The van der Waals surface area contributed by atoms with Gasteiger partial charge in [0.25, 0.3) is 0 Å². The van der Waals surface area contributed by atoms with E-state index in [4.69, 9.17) is 9.90 Å². The van der Waals surface area contributed by atoms with E-state index >= 15 is 0 Å². The molecule has 0 aliphatic rings. The summed E-state index contributed by atoms with van der Waals surface area (Å²) in [5.41, 5.74) is 0. The van der Waals surface area contributed by atoms with Crippen molar-refractivity contribution in [3.63, 3.8) is 0 Å². The molecule has 4 aromatic carbocycles. The first-order valence-corrected chi connectivity index (χ1v) is 16.7. The first kappa shape index (κ1) is 23.7. The zero-order valence-electron chi connectivity index (χ0n) is 17.0. The molecule has 0 aliphatic carbocycles. The van der Waals surface area contributed by atoms with Crippen LogP contribution in [-0.2, 0) is 4.79 Å². The maximum atomic E-state index is 10.6. The van der Waals surface area contributed by atoms with E-state index in [1.54, 1.807) is 0 Å². The summed E-state index contributed by atoms with van der Waals surface area (Å²) < 4.78 is 37.7. The summed E-state index contributed by atoms with van der Waals surface area (Å²) in [6.45, 7) is 0. The van der Waals surface area contributed by atoms with Crippen molar-refractivity contribution in [1.29, 1.82) is 0 Å². The van der Waals surface area contributed by atoms with Gasteiger partial charge in [0, 0.05) is 0 Å². The molecule has 0 heterocycles. The third kappa shape index (κ3) is 5.25. The molecule has 0 fully saturated rings. The van der Waals surface area contributed by atoms with Crippen molar-refractivity contribution >= 4 is 39.3 Å². The first-order chi connectivity index (χ1) is 15.4. The molecule has 0 aliphatic heterocycles. The second kappa shape index (κ2) is 10.6. The molecule has 2 nitrogen and oxygen atoms in total. The van der Waals surface area contributed by atoms with Gasteiger partial charge in [-0.1, -0.05) is 0 Å². The van der Waals surface area contributed by atoms with Crippen LogP contribution in [0.4, 0.5) is 13.2 Å². The number of hydrogen-bond acceptors (Lipinski definition) is 1. The fraction of sp³-hybridized carbons (Fsp3) is 0.0385. The maximum absolute atomic E-state index is 10.6. The van der Waals surface area contributed by atoms with Gasteiger partial charge in [0.05, 0.1) is 0 Å². The molecule has 0 unspecified atom stereocenters. The van der Waals surface area contributed by atoms with Crippen molar-refractivity contribution in [3.8, 4) is 0 Å². The second-order valence-corrected chi connectivity index (χ2v) is 20.1. The summed E-state index contributed by atoms with van der Waals surface area (Å²) >= 11 is -3.38. The Morgan fingerprint density at radius 1 is 0.531 bits per heavy atom. The molecule has 4 rings (SSSR count). The van der Waals surface area contributed by atoms with E-state index < -0.39 is 32.4 Å². The van der Waals surface area contributed by atoms with E-state index in [1.807, 2.05) is 0 Å². The molecule has 1 N–H and O–H groups in total. The Morgan fingerprint density at radius 2 is 0.719 bits per heavy atom. The van der Waals surface area contributed by atoms with Gasteiger partial charge in [-0.3, -0.25) is 0 Å². The quantitative estimate of drug-likeness (QED) is 0.349. The van der Waals surface area contributed by atoms with E-state index in [0.717, 1.165) is 0 Å². The van der Waals surface area contributed by atoms with Crippen molar-refractivity contribution in [1.82, 2.24) is 0 Å². The normalized spacial score (nSPS) is 11.2. The van der Waals surface area contributed by atoms with E-state index in [1.165, 1.54) is 13.1 Å². The van der Waals surface area contributed by atoms with Gasteiger partial charge in [-0.25, -0.2) is 4.79 Å². The SMILES string of the molecule is O=C(O)C(F)(F)F.c1cc[c]([Bi]([c]2ccccc2)([c]2ccccc2)[c]2ccccc2)cc1. The average Bonchev–Trinajstić information content (AvgIpc) is 2.82. The number of halogens is 3. The number of alkyl halides is 3. The van der Waals surface area contributed by atoms with Gasteiger partial charge in [-0.2, -0.15) is 13.2 Å². The monoisotopic (exact) mass is 631 g/mol. The molecule has 0 bridgehead atoms. The number of aliphatic carboxylic acids is 1. The van der Waals surface area contributed by atoms with Crippen LogP contribution in [0.2, 0.25) is 0 Å². The Balaban J connectivity index is 0.000000360. The molecular formula is C26H21BiF3O2. The minimum absolute atomic E-state index is 1.49. The van der Waals surface area contributed by atoms with Gasteiger partial charge in [0.15, 0.2) is 0 Å². The molecular weight excluding hydrogens is 610 g/mol. The van der Waals surface area contributed by atoms with E-state index in [2.05, 4.69) is 121 Å². The minimum atomic E-state index is -5.08. The van der Waals surface area contributed by atoms with Crippen molar-refractivity contribution in [2.45, 2.75) is 6.18 Å². The van der Waals surface area contributed by atoms with Crippen molar-refractivity contribution in [2.75, 3.05) is 0 Å². The Kier molecular flexibility index (Phi) is 7.81. The molecule has 4 aromatic rings. The summed E-state index contributed by atoms with van der Waals surface area (Å²) in [4.78, 5) is 8.90. The fourth-order valence-electron chi connectivity index (χ4n) is 3.50. The van der Waals surface area contributed by atoms with Crippen LogP contribution in [0.3, 0.4) is 0 Å². The molecule has 0 atom stereocenters. The van der Waals surface area contributed by atoms with E-state index in [-0.39, 0.29) is 0 Å². The Bertz CT molecular complexity index is 954. The number of carbonyl (C=O) groups is 1. The Morgan fingerprint density at radius 3 is 0.875 bits per heavy atom. The molecule has 0 saturated heterocycles. The van der Waals surface area contributed by atoms with Crippen LogP contribution in [0.1, 0.15) is 0 Å². The number of carboxylic acid groups (broad SMARTS) is 1. The van der Waals surface area contributed by atoms with Gasteiger partial charge in [-0.15, -0.1) is 0 Å². The summed E-state index contributed by atoms with van der Waals surface area (Å²) in [5.74, 6) is -2.76. The van der Waals surface area contributed by atoms with Gasteiger partial charge in [0.1, 0.15) is 0 Å². The average molecular weight is 631 g/mol. The molecule has 0 saturated carbocycles. The number of benzene rings is 4. The molecule has 1 radical (unpaired) electrons. The van der Waals surface area contributed by atoms with Crippen LogP contribution >= 0.6 is 0 Å². The van der Waals surface area contributed by atoms with Gasteiger partial charge < -0.3 is 5.11 Å². The Labute approximate surface area is 189 Å². The van der Waals surface area contributed by atoms with Gasteiger partial charge >= 0.3 is 167 Å². The molecule has 6 heteroatoms. The first-order valence-electron chi connectivity index (χ1n) is 9.78. The van der Waals surface area contributed by atoms with E-state index in [0.29, 0.717) is 0 Å². The van der Waals surface area contributed by atoms with E-state index in [9.17, 15) is 13.2 Å². The third-order valence-corrected chi connectivity index (χ3v) is 21.5. The second-order valence-electron chi connectivity index (χ2n) is 6.82. The van der Waals surface area contributed by atoms with Crippen LogP contribution in [0.15, 0.2) is 121 Å². The van der Waals surface area contributed by atoms with Gasteiger partial charge in [-0.05, 0) is 0 Å². The zero-order chi connectivity index (χ0) is 23.0. The topological polar surface area (TPSA) is 37.3 Å². The van der Waals surface area contributed by atoms with Crippen LogP contribution in [0, 0.1) is 0 Å². The molecule has 0 spiro atoms. The predicted octanol–water partition coefficient (Wildman–Crippen LogP) is 3.70. The summed E-state index contributed by atoms with van der Waals surface area (Å²) in [6.07, 6.45) is -5.08. The number of carboxylic acids is 1. The predicted molar refractivity (Wildman–Crippen MR) is 124 cm³/mol. The zero-order valence-corrected chi connectivity index (χ0v) is 20.5. The fourth-order valence-corrected chi connectivity index (χ4v) is 20.1. The molecule has 163 valence electrons. The number of hydrogen-bond donors (Lipinski definition) is 1. The van der Waals surface area contributed by atoms with Crippen molar-refractivity contribution in [2.24, 2.45) is 0 Å². The summed E-state index contributed by atoms with van der Waals surface area (Å²) in [6, 6.07) is 44.5. The molecule has 0 amide bonds. The van der Waals surface area contributed by atoms with Crippen LogP contribution in [0.25, 0.3) is 0 Å². The van der Waals surface area contributed by atoms with Gasteiger partial charge in [0.2, 0.25) is 0 Å². The standard InChI is InChI=1S/4C6H5.C2HF3O2.Bi/c4*1-2-4-6-5-3-1;3-2(4,5)1(6)7;/h4*1-5H;(H,6,7);. The summed E-state index contributed by atoms with van der Waals surface area (Å²) in [7, 11) is 0. The van der Waals surface area contributed by atoms with Crippen LogP contribution in [0.5, 0.6) is 0 Å². The molecule has 0 aromatic heterocycles. The van der Waals surface area contributed by atoms with Crippen LogP contribution < -0.4 is 13.1 Å². The number of rotatable bonds is 4. The molecule has 32 heavy (non-hydrogen) atoms. The van der Waals surface area contributed by atoms with Crippen LogP contribution in [-0.4, -0.2) is 37.5 Å². The summed E-state index contributed by atoms with van der Waals surface area (Å²) in [5, 5.41) is 7.12. The Hall–Kier alpha value is -2.98. The third-order valence-electron chi connectivity index (χ3n) is 4.82.